The molecule has 0 saturated heterocycles. The van der Waals surface area contributed by atoms with Crippen molar-refractivity contribution < 1.29 is 0 Å². The Morgan fingerprint density at radius 2 is 2.26 bits per heavy atom. The van der Waals surface area contributed by atoms with Gasteiger partial charge in [-0.15, -0.1) is 0 Å². The van der Waals surface area contributed by atoms with Crippen LogP contribution >= 0.6 is 23.2 Å². The van der Waals surface area contributed by atoms with Gasteiger partial charge in [-0.25, -0.2) is 5.43 Å². The first kappa shape index (κ1) is 14.3. The molecule has 1 unspecified atom stereocenters. The summed E-state index contributed by atoms with van der Waals surface area (Å²) in [7, 11) is 0. The lowest BCUT2D eigenvalue weighted by molar-refractivity contribution is 0.515. The van der Waals surface area contributed by atoms with Crippen LogP contribution in [0.2, 0.25) is 10.0 Å². The molecule has 19 heavy (non-hydrogen) atoms. The molecule has 0 aliphatic carbocycles. The van der Waals surface area contributed by atoms with Crippen molar-refractivity contribution in [2.24, 2.45) is 5.84 Å². The van der Waals surface area contributed by atoms with Crippen LogP contribution in [-0.2, 0) is 6.54 Å². The number of rotatable bonds is 5. The molecule has 0 bridgehead atoms. The molecule has 1 atom stereocenters. The Kier molecular flexibility index (Phi) is 4.76. The molecule has 102 valence electrons. The van der Waals surface area contributed by atoms with Crippen molar-refractivity contribution in [2.75, 3.05) is 0 Å². The van der Waals surface area contributed by atoms with E-state index in [2.05, 4.69) is 22.4 Å². The minimum absolute atomic E-state index is 0.321. The van der Waals surface area contributed by atoms with Crippen molar-refractivity contribution in [2.45, 2.75) is 25.9 Å². The molecule has 0 fully saturated rings. The molecule has 0 radical (unpaired) electrons. The van der Waals surface area contributed by atoms with Crippen LogP contribution in [0.4, 0.5) is 0 Å². The summed E-state index contributed by atoms with van der Waals surface area (Å²) in [6.07, 6.45) is 4.26. The van der Waals surface area contributed by atoms with Crippen molar-refractivity contribution >= 4 is 23.2 Å². The lowest BCUT2D eigenvalue weighted by Crippen LogP contribution is -2.31. The van der Waals surface area contributed by atoms with E-state index in [4.69, 9.17) is 29.0 Å². The van der Waals surface area contributed by atoms with Gasteiger partial charge in [-0.3, -0.25) is 15.5 Å². The highest BCUT2D eigenvalue weighted by atomic mass is 35.5. The van der Waals surface area contributed by atoms with Crippen LogP contribution in [0.1, 0.15) is 30.8 Å². The van der Waals surface area contributed by atoms with Crippen molar-refractivity contribution in [3.05, 3.63) is 46.0 Å². The SMILES string of the molecule is CCCn1nccc1C(NN)c1ncc(Cl)cc1Cl. The molecule has 0 saturated carbocycles. The number of hydrazine groups is 1. The summed E-state index contributed by atoms with van der Waals surface area (Å²) in [6, 6.07) is 3.22. The van der Waals surface area contributed by atoms with E-state index in [0.717, 1.165) is 18.7 Å². The van der Waals surface area contributed by atoms with E-state index in [9.17, 15) is 0 Å². The van der Waals surface area contributed by atoms with E-state index < -0.39 is 0 Å². The predicted molar refractivity (Wildman–Crippen MR) is 75.9 cm³/mol. The van der Waals surface area contributed by atoms with Crippen LogP contribution in [0.25, 0.3) is 0 Å². The van der Waals surface area contributed by atoms with E-state index in [1.165, 1.54) is 0 Å². The van der Waals surface area contributed by atoms with Gasteiger partial charge in [0.1, 0.15) is 6.04 Å². The number of halogens is 2. The van der Waals surface area contributed by atoms with E-state index in [1.54, 1.807) is 18.5 Å². The molecule has 3 N–H and O–H groups in total. The van der Waals surface area contributed by atoms with Crippen LogP contribution in [0.3, 0.4) is 0 Å². The maximum absolute atomic E-state index is 6.18. The minimum atomic E-state index is -0.321. The number of hydrogen-bond acceptors (Lipinski definition) is 4. The summed E-state index contributed by atoms with van der Waals surface area (Å²) < 4.78 is 1.89. The van der Waals surface area contributed by atoms with E-state index >= 15 is 0 Å². The Hall–Kier alpha value is -1.14. The van der Waals surface area contributed by atoms with Gasteiger partial charge in [-0.1, -0.05) is 30.1 Å². The molecular weight excluding hydrogens is 285 g/mol. The van der Waals surface area contributed by atoms with Crippen LogP contribution in [-0.4, -0.2) is 14.8 Å². The number of nitrogens with one attached hydrogen (secondary N) is 1. The van der Waals surface area contributed by atoms with Crippen LogP contribution < -0.4 is 11.3 Å². The van der Waals surface area contributed by atoms with Crippen molar-refractivity contribution in [3.8, 4) is 0 Å². The normalized spacial score (nSPS) is 12.6. The van der Waals surface area contributed by atoms with Crippen molar-refractivity contribution in [1.82, 2.24) is 20.2 Å². The molecule has 5 nitrogen and oxygen atoms in total. The smallest absolute Gasteiger partial charge is 0.106 e. The highest BCUT2D eigenvalue weighted by Gasteiger charge is 2.21. The summed E-state index contributed by atoms with van der Waals surface area (Å²) in [6.45, 7) is 2.90. The monoisotopic (exact) mass is 299 g/mol. The second-order valence-corrected chi connectivity index (χ2v) is 4.94. The third kappa shape index (κ3) is 3.06. The Balaban J connectivity index is 2.41. The maximum Gasteiger partial charge on any atom is 0.106 e. The molecule has 0 amide bonds. The number of aryl methyl sites for hydroxylation is 1. The Morgan fingerprint density at radius 1 is 1.47 bits per heavy atom. The average molecular weight is 300 g/mol. The zero-order valence-electron chi connectivity index (χ0n) is 10.5. The predicted octanol–water partition coefficient (Wildman–Crippen LogP) is 2.55. The van der Waals surface area contributed by atoms with Gasteiger partial charge >= 0.3 is 0 Å². The molecule has 0 spiro atoms. The Labute approximate surface area is 121 Å². The molecule has 2 aromatic rings. The zero-order chi connectivity index (χ0) is 13.8. The number of pyridine rings is 1. The topological polar surface area (TPSA) is 68.8 Å². The Bertz CT molecular complexity index is 555. The minimum Gasteiger partial charge on any atom is -0.270 e. The molecule has 0 aliphatic heterocycles. The molecule has 7 heteroatoms. The van der Waals surface area contributed by atoms with Gasteiger partial charge in [0.15, 0.2) is 0 Å². The summed E-state index contributed by atoms with van der Waals surface area (Å²) in [5.41, 5.74) is 4.28. The highest BCUT2D eigenvalue weighted by molar-refractivity contribution is 6.34. The van der Waals surface area contributed by atoms with E-state index in [-0.39, 0.29) is 6.04 Å². The lowest BCUT2D eigenvalue weighted by Gasteiger charge is -2.18. The average Bonchev–Trinajstić information content (AvgIpc) is 2.82. The van der Waals surface area contributed by atoms with Crippen molar-refractivity contribution in [3.63, 3.8) is 0 Å². The number of nitrogens with zero attached hydrogens (tertiary/aromatic N) is 3. The third-order valence-electron chi connectivity index (χ3n) is 2.76. The molecule has 2 heterocycles. The second kappa shape index (κ2) is 6.34. The van der Waals surface area contributed by atoms with Gasteiger partial charge in [0, 0.05) is 18.9 Å². The fourth-order valence-corrected chi connectivity index (χ4v) is 2.42. The first-order chi connectivity index (χ1) is 9.17. The van der Waals surface area contributed by atoms with Crippen LogP contribution in [0.5, 0.6) is 0 Å². The molecule has 0 aromatic carbocycles. The largest absolute Gasteiger partial charge is 0.270 e. The fourth-order valence-electron chi connectivity index (χ4n) is 1.93. The maximum atomic E-state index is 6.18. The quantitative estimate of drug-likeness (QED) is 0.657. The van der Waals surface area contributed by atoms with Gasteiger partial charge in [0.25, 0.3) is 0 Å². The zero-order valence-corrected chi connectivity index (χ0v) is 12.0. The summed E-state index contributed by atoms with van der Waals surface area (Å²) >= 11 is 12.0. The van der Waals surface area contributed by atoms with Crippen LogP contribution in [0, 0.1) is 0 Å². The van der Waals surface area contributed by atoms with Gasteiger partial charge in [-0.2, -0.15) is 5.10 Å². The number of nitrogens with two attached hydrogens (primary N) is 1. The highest BCUT2D eigenvalue weighted by Crippen LogP contribution is 2.27. The molecule has 0 aliphatic rings. The molecular formula is C12H15Cl2N5. The van der Waals surface area contributed by atoms with Gasteiger partial charge in [-0.05, 0) is 18.6 Å². The first-order valence-electron chi connectivity index (χ1n) is 5.96. The number of aromatic nitrogens is 3. The summed E-state index contributed by atoms with van der Waals surface area (Å²) in [5, 5.41) is 5.24. The third-order valence-corrected chi connectivity index (χ3v) is 3.27. The van der Waals surface area contributed by atoms with Crippen molar-refractivity contribution in [1.29, 1.82) is 0 Å². The van der Waals surface area contributed by atoms with E-state index in [1.807, 2.05) is 10.7 Å². The lowest BCUT2D eigenvalue weighted by atomic mass is 10.1. The first-order valence-corrected chi connectivity index (χ1v) is 6.71. The van der Waals surface area contributed by atoms with Gasteiger partial charge < -0.3 is 0 Å². The number of hydrogen-bond donors (Lipinski definition) is 2. The molecule has 2 rings (SSSR count). The van der Waals surface area contributed by atoms with Crippen LogP contribution in [0.15, 0.2) is 24.5 Å². The summed E-state index contributed by atoms with van der Waals surface area (Å²) in [5.74, 6) is 5.65. The fraction of sp³-hybridized carbons (Fsp3) is 0.333. The standard InChI is InChI=1S/C12H15Cl2N5/c1-2-5-19-10(3-4-17-19)12(18-15)11-9(14)6-8(13)7-16-11/h3-4,6-7,12,18H,2,5,15H2,1H3. The molecule has 2 aromatic heterocycles. The second-order valence-electron chi connectivity index (χ2n) is 4.10. The van der Waals surface area contributed by atoms with Gasteiger partial charge in [0.05, 0.1) is 21.4 Å². The summed E-state index contributed by atoms with van der Waals surface area (Å²) in [4.78, 5) is 4.26. The van der Waals surface area contributed by atoms with E-state index in [0.29, 0.717) is 15.7 Å². The van der Waals surface area contributed by atoms with Gasteiger partial charge in [0.2, 0.25) is 0 Å². The Morgan fingerprint density at radius 3 is 2.89 bits per heavy atom.